The predicted molar refractivity (Wildman–Crippen MR) is 55.4 cm³/mol. The van der Waals surface area contributed by atoms with E-state index in [9.17, 15) is 9.59 Å². The molecule has 4 heteroatoms. The van der Waals surface area contributed by atoms with Gasteiger partial charge < -0.3 is 11.1 Å². The lowest BCUT2D eigenvalue weighted by Gasteiger charge is -2.22. The molecular formula is C10H20N2O2. The van der Waals surface area contributed by atoms with E-state index >= 15 is 0 Å². The number of hydrogen-bond acceptors (Lipinski definition) is 2. The maximum Gasteiger partial charge on any atom is 0.240 e. The summed E-state index contributed by atoms with van der Waals surface area (Å²) in [7, 11) is 0. The summed E-state index contributed by atoms with van der Waals surface area (Å²) in [5.41, 5.74) is 5.21. The van der Waals surface area contributed by atoms with Crippen LogP contribution >= 0.6 is 0 Å². The highest BCUT2D eigenvalue weighted by Gasteiger charge is 2.24. The molecule has 0 aromatic rings. The minimum absolute atomic E-state index is 0.0789. The van der Waals surface area contributed by atoms with Gasteiger partial charge in [-0.05, 0) is 5.92 Å². The topological polar surface area (TPSA) is 72.2 Å². The van der Waals surface area contributed by atoms with Crippen LogP contribution in [0, 0.1) is 11.8 Å². The molecule has 3 N–H and O–H groups in total. The third-order valence-corrected chi connectivity index (χ3v) is 2.34. The number of amides is 2. The highest BCUT2D eigenvalue weighted by molar-refractivity contribution is 5.87. The van der Waals surface area contributed by atoms with E-state index in [-0.39, 0.29) is 17.7 Å². The largest absolute Gasteiger partial charge is 0.368 e. The lowest BCUT2D eigenvalue weighted by atomic mass is 9.98. The Kier molecular flexibility index (Phi) is 5.20. The van der Waals surface area contributed by atoms with Gasteiger partial charge in [0.1, 0.15) is 6.04 Å². The Morgan fingerprint density at radius 1 is 1.29 bits per heavy atom. The first kappa shape index (κ1) is 12.9. The monoisotopic (exact) mass is 200 g/mol. The van der Waals surface area contributed by atoms with E-state index in [1.807, 2.05) is 13.8 Å². The zero-order chi connectivity index (χ0) is 11.3. The molecule has 2 amide bonds. The molecule has 4 nitrogen and oxygen atoms in total. The van der Waals surface area contributed by atoms with Crippen LogP contribution in [-0.4, -0.2) is 17.9 Å². The molecule has 0 aliphatic rings. The molecule has 0 saturated heterocycles. The van der Waals surface area contributed by atoms with Gasteiger partial charge in [-0.25, -0.2) is 0 Å². The molecule has 0 heterocycles. The van der Waals surface area contributed by atoms with E-state index in [4.69, 9.17) is 5.73 Å². The Labute approximate surface area is 85.2 Å². The standard InChI is InChI=1S/C10H20N2O2/c1-5-7(4)8(9(11)13)12-10(14)6(2)3/h6-8H,5H2,1-4H3,(H2,11,13)(H,12,14)/t7-,8-/m0/s1. The summed E-state index contributed by atoms with van der Waals surface area (Å²) < 4.78 is 0. The van der Waals surface area contributed by atoms with Crippen molar-refractivity contribution in [1.29, 1.82) is 0 Å². The normalized spacial score (nSPS) is 14.9. The summed E-state index contributed by atoms with van der Waals surface area (Å²) in [6, 6.07) is -0.546. The SMILES string of the molecule is CC[C@H](C)[C@H](NC(=O)C(C)C)C(N)=O. The van der Waals surface area contributed by atoms with Gasteiger partial charge >= 0.3 is 0 Å². The average Bonchev–Trinajstić information content (AvgIpc) is 2.11. The number of primary amides is 1. The summed E-state index contributed by atoms with van der Waals surface area (Å²) in [5, 5.41) is 2.65. The fraction of sp³-hybridized carbons (Fsp3) is 0.800. The van der Waals surface area contributed by atoms with Crippen molar-refractivity contribution < 1.29 is 9.59 Å². The highest BCUT2D eigenvalue weighted by Crippen LogP contribution is 2.08. The lowest BCUT2D eigenvalue weighted by molar-refractivity contribution is -0.130. The van der Waals surface area contributed by atoms with Gasteiger partial charge in [0.25, 0.3) is 0 Å². The van der Waals surface area contributed by atoms with Crippen molar-refractivity contribution in [2.75, 3.05) is 0 Å². The lowest BCUT2D eigenvalue weighted by Crippen LogP contribution is -2.49. The molecule has 0 spiro atoms. The molecule has 0 rings (SSSR count). The zero-order valence-corrected chi connectivity index (χ0v) is 9.33. The maximum absolute atomic E-state index is 11.4. The van der Waals surface area contributed by atoms with Gasteiger partial charge in [0, 0.05) is 5.92 Å². The van der Waals surface area contributed by atoms with Gasteiger partial charge in [0.05, 0.1) is 0 Å². The second kappa shape index (κ2) is 5.62. The van der Waals surface area contributed by atoms with Crippen LogP contribution in [0.15, 0.2) is 0 Å². The van der Waals surface area contributed by atoms with Gasteiger partial charge in [-0.2, -0.15) is 0 Å². The number of hydrogen-bond donors (Lipinski definition) is 2. The third-order valence-electron chi connectivity index (χ3n) is 2.34. The average molecular weight is 200 g/mol. The van der Waals surface area contributed by atoms with Gasteiger partial charge in [-0.1, -0.05) is 34.1 Å². The van der Waals surface area contributed by atoms with Crippen molar-refractivity contribution >= 4 is 11.8 Å². The van der Waals surface area contributed by atoms with Crippen molar-refractivity contribution in [2.24, 2.45) is 17.6 Å². The van der Waals surface area contributed by atoms with Crippen molar-refractivity contribution in [3.8, 4) is 0 Å². The molecule has 0 unspecified atom stereocenters. The van der Waals surface area contributed by atoms with Crippen LogP contribution in [-0.2, 0) is 9.59 Å². The number of nitrogens with two attached hydrogens (primary N) is 1. The number of rotatable bonds is 5. The Morgan fingerprint density at radius 3 is 2.07 bits per heavy atom. The molecule has 0 aromatic heterocycles. The summed E-state index contributed by atoms with van der Waals surface area (Å²) in [6.45, 7) is 7.42. The molecule has 0 aromatic carbocycles. The molecule has 0 fully saturated rings. The van der Waals surface area contributed by atoms with Gasteiger partial charge in [-0.15, -0.1) is 0 Å². The first-order valence-electron chi connectivity index (χ1n) is 4.99. The predicted octanol–water partition coefficient (Wildman–Crippen LogP) is 0.659. The van der Waals surface area contributed by atoms with Crippen LogP contribution in [0.4, 0.5) is 0 Å². The van der Waals surface area contributed by atoms with E-state index < -0.39 is 11.9 Å². The molecule has 0 saturated carbocycles. The Balaban J connectivity index is 4.38. The molecular weight excluding hydrogens is 180 g/mol. The van der Waals surface area contributed by atoms with E-state index in [1.165, 1.54) is 0 Å². The fourth-order valence-corrected chi connectivity index (χ4v) is 1.05. The highest BCUT2D eigenvalue weighted by atomic mass is 16.2. The summed E-state index contributed by atoms with van der Waals surface area (Å²) in [6.07, 6.45) is 0.811. The number of carbonyl (C=O) groups is 2. The molecule has 2 atom stereocenters. The Bertz CT molecular complexity index is 214. The van der Waals surface area contributed by atoms with Crippen LogP contribution in [0.5, 0.6) is 0 Å². The smallest absolute Gasteiger partial charge is 0.240 e. The van der Waals surface area contributed by atoms with Crippen LogP contribution in [0.2, 0.25) is 0 Å². The minimum atomic E-state index is -0.546. The van der Waals surface area contributed by atoms with Crippen molar-refractivity contribution in [1.82, 2.24) is 5.32 Å². The van der Waals surface area contributed by atoms with Crippen LogP contribution in [0.3, 0.4) is 0 Å². The molecule has 82 valence electrons. The Hall–Kier alpha value is -1.06. The minimum Gasteiger partial charge on any atom is -0.368 e. The van der Waals surface area contributed by atoms with Crippen LogP contribution in [0.1, 0.15) is 34.1 Å². The quantitative estimate of drug-likeness (QED) is 0.684. The first-order valence-corrected chi connectivity index (χ1v) is 4.99. The second-order valence-corrected chi connectivity index (χ2v) is 3.93. The first-order chi connectivity index (χ1) is 6.40. The molecule has 0 aliphatic heterocycles. The van der Waals surface area contributed by atoms with E-state index in [0.29, 0.717) is 0 Å². The molecule has 0 bridgehead atoms. The van der Waals surface area contributed by atoms with Gasteiger partial charge in [-0.3, -0.25) is 9.59 Å². The van der Waals surface area contributed by atoms with Gasteiger partial charge in [0.15, 0.2) is 0 Å². The van der Waals surface area contributed by atoms with E-state index in [2.05, 4.69) is 5.32 Å². The van der Waals surface area contributed by atoms with Crippen LogP contribution in [0.25, 0.3) is 0 Å². The van der Waals surface area contributed by atoms with Crippen molar-refractivity contribution in [2.45, 2.75) is 40.2 Å². The number of nitrogens with one attached hydrogen (secondary N) is 1. The van der Waals surface area contributed by atoms with Gasteiger partial charge in [0.2, 0.25) is 11.8 Å². The number of carbonyl (C=O) groups excluding carboxylic acids is 2. The molecule has 0 radical (unpaired) electrons. The summed E-state index contributed by atoms with van der Waals surface area (Å²) in [4.78, 5) is 22.4. The second-order valence-electron chi connectivity index (χ2n) is 3.93. The van der Waals surface area contributed by atoms with E-state index in [0.717, 1.165) is 6.42 Å². The van der Waals surface area contributed by atoms with E-state index in [1.54, 1.807) is 13.8 Å². The summed E-state index contributed by atoms with van der Waals surface area (Å²) in [5.74, 6) is -0.640. The Morgan fingerprint density at radius 2 is 1.79 bits per heavy atom. The third kappa shape index (κ3) is 3.77. The van der Waals surface area contributed by atoms with Crippen molar-refractivity contribution in [3.63, 3.8) is 0 Å². The molecule has 0 aliphatic carbocycles. The summed E-state index contributed by atoms with van der Waals surface area (Å²) >= 11 is 0. The zero-order valence-electron chi connectivity index (χ0n) is 9.33. The van der Waals surface area contributed by atoms with Crippen LogP contribution < -0.4 is 11.1 Å². The fourth-order valence-electron chi connectivity index (χ4n) is 1.05. The molecule has 14 heavy (non-hydrogen) atoms. The maximum atomic E-state index is 11.4. The van der Waals surface area contributed by atoms with Crippen molar-refractivity contribution in [3.05, 3.63) is 0 Å².